The van der Waals surface area contributed by atoms with E-state index in [0.29, 0.717) is 12.6 Å². The van der Waals surface area contributed by atoms with E-state index in [2.05, 4.69) is 36.9 Å². The summed E-state index contributed by atoms with van der Waals surface area (Å²) in [5.74, 6) is 1.02. The molecule has 1 saturated heterocycles. The third kappa shape index (κ3) is 2.74. The van der Waals surface area contributed by atoms with E-state index in [1.807, 2.05) is 12.1 Å². The minimum absolute atomic E-state index is 0.238. The molecule has 1 aliphatic heterocycles. The van der Waals surface area contributed by atoms with Crippen LogP contribution < -0.4 is 10.6 Å². The fourth-order valence-electron chi connectivity index (χ4n) is 3.01. The molecule has 4 nitrogen and oxygen atoms in total. The molecule has 2 N–H and O–H groups in total. The third-order valence-corrected chi connectivity index (χ3v) is 4.24. The summed E-state index contributed by atoms with van der Waals surface area (Å²) in [5.41, 5.74) is 8.11. The van der Waals surface area contributed by atoms with Gasteiger partial charge in [-0.3, -0.25) is 0 Å². The molecular formula is C17H23N3O. The van der Waals surface area contributed by atoms with E-state index in [-0.39, 0.29) is 6.10 Å². The maximum Gasteiger partial charge on any atom is 0.129 e. The zero-order chi connectivity index (χ0) is 14.8. The van der Waals surface area contributed by atoms with Gasteiger partial charge in [0, 0.05) is 18.5 Å². The highest BCUT2D eigenvalue weighted by molar-refractivity contribution is 5.84. The molecule has 0 aliphatic carbocycles. The van der Waals surface area contributed by atoms with Gasteiger partial charge in [0.2, 0.25) is 0 Å². The van der Waals surface area contributed by atoms with Crippen molar-refractivity contribution in [2.24, 2.45) is 5.73 Å². The summed E-state index contributed by atoms with van der Waals surface area (Å²) >= 11 is 0. The van der Waals surface area contributed by atoms with Crippen LogP contribution in [0.25, 0.3) is 10.9 Å². The number of ether oxygens (including phenoxy) is 1. The molecule has 1 aliphatic rings. The normalized spacial score (nSPS) is 22.7. The van der Waals surface area contributed by atoms with Crippen molar-refractivity contribution < 1.29 is 4.74 Å². The van der Waals surface area contributed by atoms with Crippen LogP contribution in [0.2, 0.25) is 0 Å². The van der Waals surface area contributed by atoms with Crippen LogP contribution in [0.4, 0.5) is 5.82 Å². The van der Waals surface area contributed by atoms with Crippen LogP contribution in [0.3, 0.4) is 0 Å². The average molecular weight is 285 g/mol. The van der Waals surface area contributed by atoms with Crippen LogP contribution in [0.1, 0.15) is 25.8 Å². The van der Waals surface area contributed by atoms with Crippen LogP contribution >= 0.6 is 0 Å². The van der Waals surface area contributed by atoms with Gasteiger partial charge in [-0.25, -0.2) is 4.98 Å². The summed E-state index contributed by atoms with van der Waals surface area (Å²) < 4.78 is 5.78. The Kier molecular flexibility index (Phi) is 4.08. The SMILES string of the molecule is CCC1COC(C)CN1c1cc(CN)c2ccccc2n1. The van der Waals surface area contributed by atoms with Crippen molar-refractivity contribution >= 4 is 16.7 Å². The Morgan fingerprint density at radius 2 is 2.19 bits per heavy atom. The predicted molar refractivity (Wildman–Crippen MR) is 86.5 cm³/mol. The highest BCUT2D eigenvalue weighted by atomic mass is 16.5. The number of rotatable bonds is 3. The molecule has 2 atom stereocenters. The number of nitrogens with two attached hydrogens (primary N) is 1. The standard InChI is InChI=1S/C17H23N3O/c1-3-14-11-21-12(2)10-20(14)17-8-13(9-18)15-6-4-5-7-16(15)19-17/h4-8,12,14H,3,9-11,18H2,1-2H3. The molecule has 1 aromatic carbocycles. The Morgan fingerprint density at radius 1 is 1.38 bits per heavy atom. The number of hydrogen-bond acceptors (Lipinski definition) is 4. The van der Waals surface area contributed by atoms with Gasteiger partial charge < -0.3 is 15.4 Å². The quantitative estimate of drug-likeness (QED) is 0.942. The Bertz CT molecular complexity index is 628. The molecule has 4 heteroatoms. The van der Waals surface area contributed by atoms with Crippen LogP contribution in [0, 0.1) is 0 Å². The Hall–Kier alpha value is -1.65. The van der Waals surface area contributed by atoms with Gasteiger partial charge in [0.1, 0.15) is 5.82 Å². The van der Waals surface area contributed by atoms with E-state index >= 15 is 0 Å². The average Bonchev–Trinajstić information content (AvgIpc) is 2.53. The summed E-state index contributed by atoms with van der Waals surface area (Å²) in [4.78, 5) is 7.23. The first kappa shape index (κ1) is 14.3. The lowest BCUT2D eigenvalue weighted by Crippen LogP contribution is -2.49. The second kappa shape index (κ2) is 6.00. The van der Waals surface area contributed by atoms with Crippen molar-refractivity contribution in [2.75, 3.05) is 18.1 Å². The second-order valence-corrected chi connectivity index (χ2v) is 5.72. The summed E-state index contributed by atoms with van der Waals surface area (Å²) in [7, 11) is 0. The largest absolute Gasteiger partial charge is 0.375 e. The van der Waals surface area contributed by atoms with Crippen molar-refractivity contribution in [1.29, 1.82) is 0 Å². The van der Waals surface area contributed by atoms with Crippen LogP contribution in [-0.4, -0.2) is 30.3 Å². The number of benzene rings is 1. The minimum Gasteiger partial charge on any atom is -0.375 e. The molecule has 3 rings (SSSR count). The molecule has 0 saturated carbocycles. The number of anilines is 1. The van der Waals surface area contributed by atoms with Gasteiger partial charge in [-0.2, -0.15) is 0 Å². The van der Waals surface area contributed by atoms with E-state index in [0.717, 1.165) is 41.9 Å². The number of para-hydroxylation sites is 1. The number of hydrogen-bond donors (Lipinski definition) is 1. The number of nitrogens with zero attached hydrogens (tertiary/aromatic N) is 2. The molecule has 2 heterocycles. The molecule has 0 amide bonds. The van der Waals surface area contributed by atoms with Gasteiger partial charge in [-0.1, -0.05) is 25.1 Å². The molecule has 21 heavy (non-hydrogen) atoms. The smallest absolute Gasteiger partial charge is 0.129 e. The molecule has 1 fully saturated rings. The number of fused-ring (bicyclic) bond motifs is 1. The van der Waals surface area contributed by atoms with Crippen molar-refractivity contribution in [2.45, 2.75) is 39.0 Å². The molecule has 0 bridgehead atoms. The van der Waals surface area contributed by atoms with Crippen molar-refractivity contribution in [3.8, 4) is 0 Å². The molecule has 2 aromatic rings. The summed E-state index contributed by atoms with van der Waals surface area (Å²) in [6.45, 7) is 6.50. The molecule has 1 aromatic heterocycles. The van der Waals surface area contributed by atoms with E-state index in [1.165, 1.54) is 0 Å². The van der Waals surface area contributed by atoms with Gasteiger partial charge in [0.25, 0.3) is 0 Å². The van der Waals surface area contributed by atoms with Gasteiger partial charge in [0.05, 0.1) is 24.3 Å². The van der Waals surface area contributed by atoms with Crippen LogP contribution in [0.15, 0.2) is 30.3 Å². The lowest BCUT2D eigenvalue weighted by atomic mass is 10.1. The summed E-state index contributed by atoms with van der Waals surface area (Å²) in [6.07, 6.45) is 1.29. The van der Waals surface area contributed by atoms with Crippen molar-refractivity contribution in [3.05, 3.63) is 35.9 Å². The first-order valence-electron chi connectivity index (χ1n) is 7.70. The van der Waals surface area contributed by atoms with Gasteiger partial charge >= 0.3 is 0 Å². The third-order valence-electron chi connectivity index (χ3n) is 4.24. The van der Waals surface area contributed by atoms with E-state index in [1.54, 1.807) is 0 Å². The zero-order valence-electron chi connectivity index (χ0n) is 12.7. The fourth-order valence-corrected chi connectivity index (χ4v) is 3.01. The number of morpholine rings is 1. The van der Waals surface area contributed by atoms with E-state index in [4.69, 9.17) is 15.5 Å². The molecule has 0 spiro atoms. The van der Waals surface area contributed by atoms with E-state index < -0.39 is 0 Å². The molecular weight excluding hydrogens is 262 g/mol. The first-order chi connectivity index (χ1) is 10.2. The Morgan fingerprint density at radius 3 is 2.95 bits per heavy atom. The number of pyridine rings is 1. The lowest BCUT2D eigenvalue weighted by molar-refractivity contribution is 0.0296. The highest BCUT2D eigenvalue weighted by Crippen LogP contribution is 2.27. The van der Waals surface area contributed by atoms with Gasteiger partial charge in [-0.15, -0.1) is 0 Å². The van der Waals surface area contributed by atoms with Gasteiger partial charge in [0.15, 0.2) is 0 Å². The fraction of sp³-hybridized carbons (Fsp3) is 0.471. The molecule has 2 unspecified atom stereocenters. The first-order valence-corrected chi connectivity index (χ1v) is 7.70. The van der Waals surface area contributed by atoms with Gasteiger partial charge in [-0.05, 0) is 31.0 Å². The maximum absolute atomic E-state index is 5.94. The van der Waals surface area contributed by atoms with Crippen LogP contribution in [0.5, 0.6) is 0 Å². The topological polar surface area (TPSA) is 51.4 Å². The second-order valence-electron chi connectivity index (χ2n) is 5.72. The zero-order valence-corrected chi connectivity index (χ0v) is 12.7. The Labute approximate surface area is 125 Å². The van der Waals surface area contributed by atoms with Crippen LogP contribution in [-0.2, 0) is 11.3 Å². The maximum atomic E-state index is 5.94. The van der Waals surface area contributed by atoms with Crippen molar-refractivity contribution in [1.82, 2.24) is 4.98 Å². The summed E-state index contributed by atoms with van der Waals surface area (Å²) in [6, 6.07) is 10.7. The monoisotopic (exact) mass is 285 g/mol. The van der Waals surface area contributed by atoms with Crippen molar-refractivity contribution in [3.63, 3.8) is 0 Å². The molecule has 0 radical (unpaired) electrons. The lowest BCUT2D eigenvalue weighted by Gasteiger charge is -2.39. The number of aromatic nitrogens is 1. The Balaban J connectivity index is 2.06. The minimum atomic E-state index is 0.238. The molecule has 112 valence electrons. The predicted octanol–water partition coefficient (Wildman–Crippen LogP) is 2.70. The van der Waals surface area contributed by atoms with E-state index in [9.17, 15) is 0 Å². The summed E-state index contributed by atoms with van der Waals surface area (Å²) in [5, 5.41) is 1.15. The highest BCUT2D eigenvalue weighted by Gasteiger charge is 2.27.